The van der Waals surface area contributed by atoms with Gasteiger partial charge in [-0.3, -0.25) is 0 Å². The fourth-order valence-corrected chi connectivity index (χ4v) is 2.50. The van der Waals surface area contributed by atoms with Crippen molar-refractivity contribution in [2.24, 2.45) is 17.3 Å². The Hall–Kier alpha value is -1.39. The summed E-state index contributed by atoms with van der Waals surface area (Å²) in [5.74, 6) is -0.643. The van der Waals surface area contributed by atoms with Crippen LogP contribution in [0.5, 0.6) is 0 Å². The summed E-state index contributed by atoms with van der Waals surface area (Å²) in [7, 11) is 0. The van der Waals surface area contributed by atoms with E-state index in [0.717, 1.165) is 0 Å². The molecule has 0 saturated heterocycles. The third-order valence-electron chi connectivity index (χ3n) is 4.11. The van der Waals surface area contributed by atoms with Crippen LogP contribution in [0.2, 0.25) is 0 Å². The van der Waals surface area contributed by atoms with Crippen LogP contribution in [-0.4, -0.2) is 35.0 Å². The number of hydrogen-bond donors (Lipinski definition) is 2. The molecule has 1 aromatic rings. The summed E-state index contributed by atoms with van der Waals surface area (Å²) in [6.07, 6.45) is -1.37. The zero-order valence-corrected chi connectivity index (χ0v) is 14.1. The van der Waals surface area contributed by atoms with Crippen LogP contribution in [0.1, 0.15) is 45.0 Å². The molecule has 2 N–H and O–H groups in total. The average molecular weight is 308 g/mol. The number of carbonyl (C=O) groups excluding carboxylic acids is 1. The molecule has 22 heavy (non-hydrogen) atoms. The highest BCUT2D eigenvalue weighted by atomic mass is 16.5. The molecule has 0 aromatic heterocycles. The second-order valence-electron chi connectivity index (χ2n) is 6.97. The molecule has 3 atom stereocenters. The Morgan fingerprint density at radius 2 is 1.68 bits per heavy atom. The zero-order valence-electron chi connectivity index (χ0n) is 14.1. The van der Waals surface area contributed by atoms with Crippen molar-refractivity contribution in [3.05, 3.63) is 35.9 Å². The SMILES string of the molecule is CC(C)C(O)C(C)C(O)C(C)(C)COC(=O)c1ccccc1. The second-order valence-corrected chi connectivity index (χ2v) is 6.97. The van der Waals surface area contributed by atoms with E-state index in [1.54, 1.807) is 24.3 Å². The van der Waals surface area contributed by atoms with Crippen LogP contribution in [0, 0.1) is 17.3 Å². The van der Waals surface area contributed by atoms with Gasteiger partial charge in [0.1, 0.15) is 0 Å². The van der Waals surface area contributed by atoms with E-state index in [2.05, 4.69) is 0 Å². The largest absolute Gasteiger partial charge is 0.461 e. The summed E-state index contributed by atoms with van der Waals surface area (Å²) in [5.41, 5.74) is -0.150. The van der Waals surface area contributed by atoms with Crippen molar-refractivity contribution in [3.8, 4) is 0 Å². The Kier molecular flexibility index (Phi) is 6.57. The molecule has 0 radical (unpaired) electrons. The molecule has 0 saturated carbocycles. The second kappa shape index (κ2) is 7.75. The summed E-state index contributed by atoms with van der Waals surface area (Å²) in [6.45, 7) is 9.40. The van der Waals surface area contributed by atoms with Gasteiger partial charge in [0.2, 0.25) is 0 Å². The van der Waals surface area contributed by atoms with Crippen LogP contribution in [0.15, 0.2) is 30.3 Å². The van der Waals surface area contributed by atoms with Crippen LogP contribution < -0.4 is 0 Å². The third kappa shape index (κ3) is 4.82. The van der Waals surface area contributed by atoms with Gasteiger partial charge in [-0.2, -0.15) is 0 Å². The molecule has 0 amide bonds. The fraction of sp³-hybridized carbons (Fsp3) is 0.611. The van der Waals surface area contributed by atoms with Crippen molar-refractivity contribution in [1.29, 1.82) is 0 Å². The van der Waals surface area contributed by atoms with E-state index in [0.29, 0.717) is 5.56 Å². The van der Waals surface area contributed by atoms with E-state index in [-0.39, 0.29) is 18.4 Å². The minimum Gasteiger partial charge on any atom is -0.461 e. The van der Waals surface area contributed by atoms with Gasteiger partial charge in [-0.05, 0) is 18.1 Å². The number of esters is 1. The average Bonchev–Trinajstić information content (AvgIpc) is 2.51. The van der Waals surface area contributed by atoms with Gasteiger partial charge in [0.15, 0.2) is 0 Å². The first kappa shape index (κ1) is 18.7. The molecule has 1 aromatic carbocycles. The Morgan fingerprint density at radius 3 is 2.18 bits per heavy atom. The summed E-state index contributed by atoms with van der Waals surface area (Å²) in [4.78, 5) is 12.0. The maximum atomic E-state index is 12.0. The summed E-state index contributed by atoms with van der Waals surface area (Å²) in [5, 5.41) is 20.6. The van der Waals surface area contributed by atoms with Crippen molar-refractivity contribution in [2.45, 2.75) is 46.8 Å². The molecule has 4 heteroatoms. The molecule has 0 aliphatic rings. The van der Waals surface area contributed by atoms with E-state index >= 15 is 0 Å². The molecule has 3 unspecified atom stereocenters. The number of hydrogen-bond acceptors (Lipinski definition) is 4. The molecule has 4 nitrogen and oxygen atoms in total. The monoisotopic (exact) mass is 308 g/mol. The molecule has 1 rings (SSSR count). The molecule has 0 bridgehead atoms. The van der Waals surface area contributed by atoms with Gasteiger partial charge < -0.3 is 14.9 Å². The van der Waals surface area contributed by atoms with E-state index in [4.69, 9.17) is 4.74 Å². The van der Waals surface area contributed by atoms with Gasteiger partial charge in [-0.15, -0.1) is 0 Å². The maximum Gasteiger partial charge on any atom is 0.338 e. The summed E-state index contributed by atoms with van der Waals surface area (Å²) in [6, 6.07) is 8.77. The van der Waals surface area contributed by atoms with Crippen LogP contribution in [-0.2, 0) is 4.74 Å². The first-order valence-corrected chi connectivity index (χ1v) is 7.75. The van der Waals surface area contributed by atoms with Crippen molar-refractivity contribution < 1.29 is 19.7 Å². The highest BCUT2D eigenvalue weighted by molar-refractivity contribution is 5.89. The van der Waals surface area contributed by atoms with E-state index in [1.165, 1.54) is 0 Å². The van der Waals surface area contributed by atoms with Crippen molar-refractivity contribution in [2.75, 3.05) is 6.61 Å². The zero-order chi connectivity index (χ0) is 16.9. The molecule has 0 fully saturated rings. The Labute approximate surface area is 133 Å². The number of ether oxygens (including phenoxy) is 1. The predicted molar refractivity (Wildman–Crippen MR) is 86.5 cm³/mol. The molecular weight excluding hydrogens is 280 g/mol. The van der Waals surface area contributed by atoms with Crippen molar-refractivity contribution >= 4 is 5.97 Å². The first-order valence-electron chi connectivity index (χ1n) is 7.75. The van der Waals surface area contributed by atoms with Gasteiger partial charge in [0.25, 0.3) is 0 Å². The minimum atomic E-state index is -0.770. The number of aliphatic hydroxyl groups excluding tert-OH is 2. The molecular formula is C18H28O4. The van der Waals surface area contributed by atoms with Crippen LogP contribution >= 0.6 is 0 Å². The van der Waals surface area contributed by atoms with E-state index < -0.39 is 23.6 Å². The molecule has 0 aliphatic carbocycles. The quantitative estimate of drug-likeness (QED) is 0.760. The van der Waals surface area contributed by atoms with Gasteiger partial charge in [0.05, 0.1) is 24.4 Å². The van der Waals surface area contributed by atoms with Gasteiger partial charge >= 0.3 is 5.97 Å². The van der Waals surface area contributed by atoms with Crippen molar-refractivity contribution in [3.63, 3.8) is 0 Å². The molecule has 124 valence electrons. The Morgan fingerprint density at radius 1 is 1.14 bits per heavy atom. The van der Waals surface area contributed by atoms with Crippen LogP contribution in [0.4, 0.5) is 0 Å². The lowest BCUT2D eigenvalue weighted by atomic mass is 9.77. The highest BCUT2D eigenvalue weighted by Gasteiger charge is 2.37. The highest BCUT2D eigenvalue weighted by Crippen LogP contribution is 2.30. The predicted octanol–water partition coefficient (Wildman–Crippen LogP) is 2.88. The Bertz CT molecular complexity index is 467. The molecule has 0 spiro atoms. The lowest BCUT2D eigenvalue weighted by Gasteiger charge is -2.37. The molecule has 0 aliphatic heterocycles. The lowest BCUT2D eigenvalue weighted by Crippen LogP contribution is -2.44. The topological polar surface area (TPSA) is 66.8 Å². The maximum absolute atomic E-state index is 12.0. The van der Waals surface area contributed by atoms with Crippen LogP contribution in [0.25, 0.3) is 0 Å². The number of carbonyl (C=O) groups is 1. The van der Waals surface area contributed by atoms with Gasteiger partial charge in [0, 0.05) is 11.3 Å². The Balaban J connectivity index is 2.64. The lowest BCUT2D eigenvalue weighted by molar-refractivity contribution is -0.0764. The van der Waals surface area contributed by atoms with Crippen LogP contribution in [0.3, 0.4) is 0 Å². The first-order chi connectivity index (χ1) is 10.2. The van der Waals surface area contributed by atoms with E-state index in [1.807, 2.05) is 40.7 Å². The van der Waals surface area contributed by atoms with E-state index in [9.17, 15) is 15.0 Å². The number of aliphatic hydroxyl groups is 2. The number of benzene rings is 1. The fourth-order valence-electron chi connectivity index (χ4n) is 2.50. The van der Waals surface area contributed by atoms with Crippen molar-refractivity contribution in [1.82, 2.24) is 0 Å². The molecule has 0 heterocycles. The third-order valence-corrected chi connectivity index (χ3v) is 4.11. The summed E-state index contributed by atoms with van der Waals surface area (Å²) < 4.78 is 5.32. The van der Waals surface area contributed by atoms with Gasteiger partial charge in [-0.25, -0.2) is 4.79 Å². The van der Waals surface area contributed by atoms with Gasteiger partial charge in [-0.1, -0.05) is 52.8 Å². The smallest absolute Gasteiger partial charge is 0.338 e. The normalized spacial score (nSPS) is 16.2. The standard InChI is InChI=1S/C18H28O4/c1-12(2)15(19)13(3)16(20)18(4,5)11-22-17(21)14-9-7-6-8-10-14/h6-10,12-13,15-16,19-20H,11H2,1-5H3. The number of rotatable bonds is 7. The summed E-state index contributed by atoms with van der Waals surface area (Å²) >= 11 is 0. The minimum absolute atomic E-state index is 0.0623.